The van der Waals surface area contributed by atoms with Crippen molar-refractivity contribution in [3.63, 3.8) is 0 Å². The maximum Gasteiger partial charge on any atom is 0.410 e. The second-order valence-corrected chi connectivity index (χ2v) is 4.95. The Hall–Kier alpha value is -2.04. The summed E-state index contributed by atoms with van der Waals surface area (Å²) < 4.78 is 9.87. The fraction of sp³-hybridized carbons (Fsp3) is 0.429. The SMILES string of the molecule is COC(=O)C1(C)CN(C(=O)OCc2ccccc2)C1. The van der Waals surface area contributed by atoms with Crippen LogP contribution in [0.5, 0.6) is 0 Å². The summed E-state index contributed by atoms with van der Waals surface area (Å²) in [5.41, 5.74) is 0.340. The highest BCUT2D eigenvalue weighted by Crippen LogP contribution is 2.31. The standard InChI is InChI=1S/C14H17NO4/c1-14(12(16)18-2)9-15(10-14)13(17)19-8-11-6-4-3-5-7-11/h3-7H,8-10H2,1-2H3. The molecular weight excluding hydrogens is 246 g/mol. The Morgan fingerprint density at radius 1 is 1.26 bits per heavy atom. The van der Waals surface area contributed by atoms with E-state index in [1.165, 1.54) is 12.0 Å². The molecule has 0 saturated carbocycles. The van der Waals surface area contributed by atoms with Crippen LogP contribution in [0.15, 0.2) is 30.3 Å². The van der Waals surface area contributed by atoms with Gasteiger partial charge in [-0.2, -0.15) is 0 Å². The van der Waals surface area contributed by atoms with Gasteiger partial charge in [-0.3, -0.25) is 4.79 Å². The summed E-state index contributed by atoms with van der Waals surface area (Å²) in [5.74, 6) is -0.292. The number of rotatable bonds is 3. The minimum Gasteiger partial charge on any atom is -0.468 e. The Morgan fingerprint density at radius 3 is 2.47 bits per heavy atom. The predicted molar refractivity (Wildman–Crippen MR) is 68.3 cm³/mol. The molecule has 0 radical (unpaired) electrons. The monoisotopic (exact) mass is 263 g/mol. The highest BCUT2D eigenvalue weighted by Gasteiger charge is 2.48. The van der Waals surface area contributed by atoms with Crippen LogP contribution < -0.4 is 0 Å². The summed E-state index contributed by atoms with van der Waals surface area (Å²) in [4.78, 5) is 24.7. The van der Waals surface area contributed by atoms with Crippen molar-refractivity contribution < 1.29 is 19.1 Å². The second-order valence-electron chi connectivity index (χ2n) is 4.95. The number of methoxy groups -OCH3 is 1. The third kappa shape index (κ3) is 2.86. The van der Waals surface area contributed by atoms with Crippen molar-refractivity contribution in [2.24, 2.45) is 5.41 Å². The maximum absolute atomic E-state index is 11.7. The van der Waals surface area contributed by atoms with Gasteiger partial charge in [0, 0.05) is 13.1 Å². The quantitative estimate of drug-likeness (QED) is 0.780. The molecule has 5 heteroatoms. The smallest absolute Gasteiger partial charge is 0.410 e. The first kappa shape index (κ1) is 13.4. The number of benzene rings is 1. The Labute approximate surface area is 112 Å². The lowest BCUT2D eigenvalue weighted by molar-refractivity contribution is -0.160. The molecule has 1 aliphatic rings. The first-order valence-corrected chi connectivity index (χ1v) is 6.09. The molecule has 1 aromatic rings. The maximum atomic E-state index is 11.7. The number of amides is 1. The van der Waals surface area contributed by atoms with Crippen molar-refractivity contribution in [2.75, 3.05) is 20.2 Å². The van der Waals surface area contributed by atoms with Gasteiger partial charge in [0.25, 0.3) is 0 Å². The molecule has 102 valence electrons. The molecule has 19 heavy (non-hydrogen) atoms. The van der Waals surface area contributed by atoms with Gasteiger partial charge in [0.2, 0.25) is 0 Å². The van der Waals surface area contributed by atoms with E-state index in [-0.39, 0.29) is 12.6 Å². The lowest BCUT2D eigenvalue weighted by atomic mass is 9.82. The summed E-state index contributed by atoms with van der Waals surface area (Å²) in [6.07, 6.45) is -0.398. The van der Waals surface area contributed by atoms with E-state index in [4.69, 9.17) is 9.47 Å². The lowest BCUT2D eigenvalue weighted by Crippen LogP contribution is -2.60. The number of carbonyl (C=O) groups is 2. The zero-order valence-electron chi connectivity index (χ0n) is 11.1. The van der Waals surface area contributed by atoms with Crippen LogP contribution in [0, 0.1) is 5.41 Å². The third-order valence-electron chi connectivity index (χ3n) is 3.22. The van der Waals surface area contributed by atoms with Crippen LogP contribution in [-0.4, -0.2) is 37.2 Å². The highest BCUT2D eigenvalue weighted by atomic mass is 16.6. The van der Waals surface area contributed by atoms with E-state index < -0.39 is 11.5 Å². The Morgan fingerprint density at radius 2 is 1.89 bits per heavy atom. The summed E-state index contributed by atoms with van der Waals surface area (Å²) in [7, 11) is 1.35. The topological polar surface area (TPSA) is 55.8 Å². The molecule has 0 atom stereocenters. The summed E-state index contributed by atoms with van der Waals surface area (Å²) in [5, 5.41) is 0. The van der Waals surface area contributed by atoms with Crippen LogP contribution in [-0.2, 0) is 20.9 Å². The zero-order valence-corrected chi connectivity index (χ0v) is 11.1. The largest absolute Gasteiger partial charge is 0.468 e. The van der Waals surface area contributed by atoms with Gasteiger partial charge in [-0.05, 0) is 12.5 Å². The van der Waals surface area contributed by atoms with Crippen LogP contribution >= 0.6 is 0 Å². The van der Waals surface area contributed by atoms with E-state index in [0.29, 0.717) is 13.1 Å². The van der Waals surface area contributed by atoms with Gasteiger partial charge >= 0.3 is 12.1 Å². The molecule has 1 heterocycles. The number of esters is 1. The molecule has 1 aliphatic heterocycles. The van der Waals surface area contributed by atoms with E-state index in [0.717, 1.165) is 5.56 Å². The van der Waals surface area contributed by atoms with Gasteiger partial charge in [-0.25, -0.2) is 4.79 Å². The average molecular weight is 263 g/mol. The van der Waals surface area contributed by atoms with Crippen molar-refractivity contribution in [1.29, 1.82) is 0 Å². The molecule has 0 N–H and O–H groups in total. The van der Waals surface area contributed by atoms with Crippen LogP contribution in [0.2, 0.25) is 0 Å². The van der Waals surface area contributed by atoms with E-state index >= 15 is 0 Å². The van der Waals surface area contributed by atoms with Crippen molar-refractivity contribution in [3.8, 4) is 0 Å². The predicted octanol–water partition coefficient (Wildman–Crippen LogP) is 1.82. The zero-order chi connectivity index (χ0) is 13.9. The van der Waals surface area contributed by atoms with Crippen molar-refractivity contribution in [2.45, 2.75) is 13.5 Å². The van der Waals surface area contributed by atoms with Gasteiger partial charge < -0.3 is 14.4 Å². The van der Waals surface area contributed by atoms with Gasteiger partial charge in [-0.1, -0.05) is 30.3 Å². The summed E-state index contributed by atoms with van der Waals surface area (Å²) in [6.45, 7) is 2.70. The van der Waals surface area contributed by atoms with E-state index in [1.807, 2.05) is 30.3 Å². The van der Waals surface area contributed by atoms with E-state index in [2.05, 4.69) is 0 Å². The van der Waals surface area contributed by atoms with Crippen LogP contribution in [0.25, 0.3) is 0 Å². The minimum atomic E-state index is -0.597. The molecule has 1 saturated heterocycles. The summed E-state index contributed by atoms with van der Waals surface area (Å²) in [6, 6.07) is 9.47. The Kier molecular flexibility index (Phi) is 3.74. The van der Waals surface area contributed by atoms with Gasteiger partial charge in [0.05, 0.1) is 7.11 Å². The molecule has 0 unspecified atom stereocenters. The summed E-state index contributed by atoms with van der Waals surface area (Å²) >= 11 is 0. The molecule has 2 rings (SSSR count). The van der Waals surface area contributed by atoms with Crippen molar-refractivity contribution in [1.82, 2.24) is 4.90 Å². The first-order valence-electron chi connectivity index (χ1n) is 6.09. The highest BCUT2D eigenvalue weighted by molar-refractivity contribution is 5.81. The molecule has 1 amide bonds. The van der Waals surface area contributed by atoms with Crippen molar-refractivity contribution >= 4 is 12.1 Å². The molecular formula is C14H17NO4. The van der Waals surface area contributed by atoms with Crippen LogP contribution in [0.3, 0.4) is 0 Å². The first-order chi connectivity index (χ1) is 9.05. The van der Waals surface area contributed by atoms with Crippen LogP contribution in [0.4, 0.5) is 4.79 Å². The minimum absolute atomic E-state index is 0.241. The number of likely N-dealkylation sites (tertiary alicyclic amines) is 1. The van der Waals surface area contributed by atoms with Gasteiger partial charge in [0.1, 0.15) is 12.0 Å². The fourth-order valence-corrected chi connectivity index (χ4v) is 2.11. The number of hydrogen-bond donors (Lipinski definition) is 0. The molecule has 0 spiro atoms. The van der Waals surface area contributed by atoms with Gasteiger partial charge in [0.15, 0.2) is 0 Å². The lowest BCUT2D eigenvalue weighted by Gasteiger charge is -2.44. The Bertz CT molecular complexity index is 466. The fourth-order valence-electron chi connectivity index (χ4n) is 2.11. The van der Waals surface area contributed by atoms with Crippen LogP contribution in [0.1, 0.15) is 12.5 Å². The van der Waals surface area contributed by atoms with E-state index in [9.17, 15) is 9.59 Å². The van der Waals surface area contributed by atoms with E-state index in [1.54, 1.807) is 6.92 Å². The van der Waals surface area contributed by atoms with Gasteiger partial charge in [-0.15, -0.1) is 0 Å². The number of ether oxygens (including phenoxy) is 2. The number of carbonyl (C=O) groups excluding carboxylic acids is 2. The Balaban J connectivity index is 1.79. The third-order valence-corrected chi connectivity index (χ3v) is 3.22. The molecule has 0 aliphatic carbocycles. The normalized spacial score (nSPS) is 16.4. The average Bonchev–Trinajstić information content (AvgIpc) is 2.41. The molecule has 1 fully saturated rings. The van der Waals surface area contributed by atoms with Crippen molar-refractivity contribution in [3.05, 3.63) is 35.9 Å². The molecule has 5 nitrogen and oxygen atoms in total. The molecule has 0 aromatic heterocycles. The number of nitrogens with zero attached hydrogens (tertiary/aromatic N) is 1. The molecule has 0 bridgehead atoms. The second kappa shape index (κ2) is 5.30. The number of hydrogen-bond acceptors (Lipinski definition) is 4. The molecule has 1 aromatic carbocycles.